The first-order chi connectivity index (χ1) is 6.13. The highest BCUT2D eigenvalue weighted by Gasteiger charge is 1.98. The average molecular weight is 201 g/mol. The van der Waals surface area contributed by atoms with Crippen molar-refractivity contribution in [3.8, 4) is 0 Å². The third-order valence-electron chi connectivity index (χ3n) is 1.61. The molecule has 0 aliphatic carbocycles. The second kappa shape index (κ2) is 4.40. The number of rotatable bonds is 2. The standard InChI is InChI=1S/C10H10ClFO/c1-7(6-13)4-8-2-3-9(11)10(12)5-8/h2-5,13H,6H2,1H3/b7-4-. The predicted molar refractivity (Wildman–Crippen MR) is 52.1 cm³/mol. The molecule has 3 heteroatoms. The zero-order valence-corrected chi connectivity index (χ0v) is 7.98. The number of benzene rings is 1. The maximum Gasteiger partial charge on any atom is 0.142 e. The summed E-state index contributed by atoms with van der Waals surface area (Å²) in [7, 11) is 0. The zero-order valence-electron chi connectivity index (χ0n) is 7.22. The van der Waals surface area contributed by atoms with Crippen LogP contribution in [0, 0.1) is 5.82 Å². The lowest BCUT2D eigenvalue weighted by atomic mass is 10.1. The molecule has 0 unspecified atom stereocenters. The van der Waals surface area contributed by atoms with E-state index in [0.717, 1.165) is 5.57 Å². The van der Waals surface area contributed by atoms with Crippen molar-refractivity contribution < 1.29 is 9.50 Å². The van der Waals surface area contributed by atoms with Crippen LogP contribution < -0.4 is 0 Å². The van der Waals surface area contributed by atoms with Crippen molar-refractivity contribution in [1.29, 1.82) is 0 Å². The molecule has 0 bridgehead atoms. The SMILES string of the molecule is C/C(=C/c1ccc(Cl)c(F)c1)CO. The van der Waals surface area contributed by atoms with E-state index < -0.39 is 5.82 Å². The van der Waals surface area contributed by atoms with Crippen LogP contribution >= 0.6 is 11.6 Å². The van der Waals surface area contributed by atoms with Crippen molar-refractivity contribution in [3.05, 3.63) is 40.2 Å². The van der Waals surface area contributed by atoms with Crippen LogP contribution in [0.15, 0.2) is 23.8 Å². The Morgan fingerprint density at radius 1 is 1.62 bits per heavy atom. The molecule has 0 atom stereocenters. The number of hydrogen-bond acceptors (Lipinski definition) is 1. The van der Waals surface area contributed by atoms with Gasteiger partial charge in [-0.1, -0.05) is 23.7 Å². The first-order valence-electron chi connectivity index (χ1n) is 3.86. The van der Waals surface area contributed by atoms with Crippen molar-refractivity contribution in [2.75, 3.05) is 6.61 Å². The van der Waals surface area contributed by atoms with Gasteiger partial charge in [0.1, 0.15) is 5.82 Å². The van der Waals surface area contributed by atoms with E-state index in [1.807, 2.05) is 0 Å². The molecule has 1 N–H and O–H groups in total. The Morgan fingerprint density at radius 2 is 2.31 bits per heavy atom. The van der Waals surface area contributed by atoms with Gasteiger partial charge in [-0.05, 0) is 30.2 Å². The van der Waals surface area contributed by atoms with E-state index in [1.54, 1.807) is 19.1 Å². The summed E-state index contributed by atoms with van der Waals surface area (Å²) < 4.78 is 12.9. The molecule has 0 aliphatic heterocycles. The van der Waals surface area contributed by atoms with E-state index in [9.17, 15) is 4.39 Å². The second-order valence-corrected chi connectivity index (χ2v) is 3.23. The number of aliphatic hydroxyl groups is 1. The van der Waals surface area contributed by atoms with Gasteiger partial charge in [0.2, 0.25) is 0 Å². The van der Waals surface area contributed by atoms with Gasteiger partial charge >= 0.3 is 0 Å². The summed E-state index contributed by atoms with van der Waals surface area (Å²) in [4.78, 5) is 0. The normalized spacial score (nSPS) is 11.8. The lowest BCUT2D eigenvalue weighted by molar-refractivity contribution is 0.332. The van der Waals surface area contributed by atoms with E-state index in [2.05, 4.69) is 0 Å². The van der Waals surface area contributed by atoms with Crippen LogP contribution in [-0.2, 0) is 0 Å². The van der Waals surface area contributed by atoms with Gasteiger partial charge in [0, 0.05) is 0 Å². The monoisotopic (exact) mass is 200 g/mol. The number of hydrogen-bond donors (Lipinski definition) is 1. The first kappa shape index (κ1) is 10.2. The number of aliphatic hydroxyl groups excluding tert-OH is 1. The van der Waals surface area contributed by atoms with Gasteiger partial charge in [-0.2, -0.15) is 0 Å². The molecule has 0 saturated carbocycles. The minimum absolute atomic E-state index is 0.0236. The van der Waals surface area contributed by atoms with E-state index in [0.29, 0.717) is 5.56 Å². The summed E-state index contributed by atoms with van der Waals surface area (Å²) >= 11 is 5.51. The Labute approximate surface area is 81.5 Å². The van der Waals surface area contributed by atoms with Crippen LogP contribution in [0.1, 0.15) is 12.5 Å². The highest BCUT2D eigenvalue weighted by Crippen LogP contribution is 2.17. The van der Waals surface area contributed by atoms with Crippen molar-refractivity contribution >= 4 is 17.7 Å². The highest BCUT2D eigenvalue weighted by atomic mass is 35.5. The van der Waals surface area contributed by atoms with Crippen LogP contribution in [0.25, 0.3) is 6.08 Å². The van der Waals surface area contributed by atoms with Gasteiger partial charge in [-0.3, -0.25) is 0 Å². The summed E-state index contributed by atoms with van der Waals surface area (Å²) in [6, 6.07) is 4.53. The largest absolute Gasteiger partial charge is 0.392 e. The van der Waals surface area contributed by atoms with Crippen LogP contribution in [-0.4, -0.2) is 11.7 Å². The van der Waals surface area contributed by atoms with E-state index in [-0.39, 0.29) is 11.6 Å². The van der Waals surface area contributed by atoms with E-state index in [4.69, 9.17) is 16.7 Å². The Hall–Kier alpha value is -0.860. The minimum atomic E-state index is -0.443. The molecule has 0 spiro atoms. The van der Waals surface area contributed by atoms with Gasteiger partial charge in [-0.25, -0.2) is 4.39 Å². The summed E-state index contributed by atoms with van der Waals surface area (Å²) in [6.07, 6.45) is 1.71. The molecule has 0 radical (unpaired) electrons. The molecule has 0 aromatic heterocycles. The fourth-order valence-corrected chi connectivity index (χ4v) is 1.05. The van der Waals surface area contributed by atoms with Gasteiger partial charge in [-0.15, -0.1) is 0 Å². The maximum atomic E-state index is 12.9. The Bertz CT molecular complexity index is 334. The predicted octanol–water partition coefficient (Wildman–Crippen LogP) is 2.87. The molecule has 1 nitrogen and oxygen atoms in total. The minimum Gasteiger partial charge on any atom is -0.392 e. The summed E-state index contributed by atoms with van der Waals surface area (Å²) in [5.74, 6) is -0.443. The van der Waals surface area contributed by atoms with Crippen LogP contribution in [0.2, 0.25) is 5.02 Å². The summed E-state index contributed by atoms with van der Waals surface area (Å²) in [6.45, 7) is 1.75. The molecular weight excluding hydrogens is 191 g/mol. The summed E-state index contributed by atoms with van der Waals surface area (Å²) in [5, 5.41) is 8.84. The molecule has 0 saturated heterocycles. The number of halogens is 2. The molecule has 1 aromatic rings. The lowest BCUT2D eigenvalue weighted by Gasteiger charge is -1.98. The first-order valence-corrected chi connectivity index (χ1v) is 4.24. The van der Waals surface area contributed by atoms with Crippen LogP contribution in [0.5, 0.6) is 0 Å². The lowest BCUT2D eigenvalue weighted by Crippen LogP contribution is -1.85. The third kappa shape index (κ3) is 2.83. The molecular formula is C10H10ClFO. The van der Waals surface area contributed by atoms with Gasteiger partial charge in [0.15, 0.2) is 0 Å². The third-order valence-corrected chi connectivity index (χ3v) is 1.91. The quantitative estimate of drug-likeness (QED) is 0.779. The zero-order chi connectivity index (χ0) is 9.84. The molecule has 0 amide bonds. The van der Waals surface area contributed by atoms with Crippen LogP contribution in [0.4, 0.5) is 4.39 Å². The molecule has 0 fully saturated rings. The fraction of sp³-hybridized carbons (Fsp3) is 0.200. The van der Waals surface area contributed by atoms with Crippen molar-refractivity contribution in [3.63, 3.8) is 0 Å². The molecule has 70 valence electrons. The van der Waals surface area contributed by atoms with Gasteiger partial charge < -0.3 is 5.11 Å². The molecule has 0 aliphatic rings. The van der Waals surface area contributed by atoms with Crippen molar-refractivity contribution in [2.45, 2.75) is 6.92 Å². The van der Waals surface area contributed by atoms with Gasteiger partial charge in [0.25, 0.3) is 0 Å². The Morgan fingerprint density at radius 3 is 2.85 bits per heavy atom. The Balaban J connectivity index is 2.98. The molecule has 1 rings (SSSR count). The fourth-order valence-electron chi connectivity index (χ4n) is 0.932. The topological polar surface area (TPSA) is 20.2 Å². The van der Waals surface area contributed by atoms with E-state index in [1.165, 1.54) is 12.1 Å². The maximum absolute atomic E-state index is 12.9. The van der Waals surface area contributed by atoms with Gasteiger partial charge in [0.05, 0.1) is 11.6 Å². The average Bonchev–Trinajstić information content (AvgIpc) is 2.11. The molecule has 13 heavy (non-hydrogen) atoms. The summed E-state index contributed by atoms with van der Waals surface area (Å²) in [5.41, 5.74) is 1.48. The molecule has 0 heterocycles. The van der Waals surface area contributed by atoms with Crippen LogP contribution in [0.3, 0.4) is 0 Å². The van der Waals surface area contributed by atoms with Crippen molar-refractivity contribution in [2.24, 2.45) is 0 Å². The van der Waals surface area contributed by atoms with Crippen molar-refractivity contribution in [1.82, 2.24) is 0 Å². The second-order valence-electron chi connectivity index (χ2n) is 2.82. The van der Waals surface area contributed by atoms with E-state index >= 15 is 0 Å². The Kier molecular flexibility index (Phi) is 3.46. The smallest absolute Gasteiger partial charge is 0.142 e. The highest BCUT2D eigenvalue weighted by molar-refractivity contribution is 6.30. The molecule has 1 aromatic carbocycles.